The number of hydrogen-bond donors (Lipinski definition) is 1. The van der Waals surface area contributed by atoms with Crippen LogP contribution in [0.15, 0.2) is 0 Å². The number of hydrogen-bond acceptors (Lipinski definition) is 2. The molecule has 0 aromatic carbocycles. The first-order valence-corrected chi connectivity index (χ1v) is 6.63. The van der Waals surface area contributed by atoms with Crippen LogP contribution in [0.4, 0.5) is 4.79 Å². The minimum absolute atomic E-state index is 0. The van der Waals surface area contributed by atoms with Gasteiger partial charge in [-0.25, -0.2) is 4.79 Å². The molecule has 0 amide bonds. The van der Waals surface area contributed by atoms with E-state index in [2.05, 4.69) is 11.7 Å². The number of carbonyl (C=O) groups is 1. The average Bonchev–Trinajstić information content (AvgIpc) is 2.25. The molecule has 17 heavy (non-hydrogen) atoms. The van der Waals surface area contributed by atoms with Gasteiger partial charge in [0.1, 0.15) is 0 Å². The van der Waals surface area contributed by atoms with E-state index in [0.29, 0.717) is 6.61 Å². The molecule has 0 fully saturated rings. The van der Waals surface area contributed by atoms with E-state index in [4.69, 9.17) is 5.11 Å². The first-order valence-electron chi connectivity index (χ1n) is 6.63. The molecule has 0 rings (SSSR count). The summed E-state index contributed by atoms with van der Waals surface area (Å²) in [4.78, 5) is 10.0. The normalized spacial score (nSPS) is 9.71. The quantitative estimate of drug-likeness (QED) is 0.354. The Bertz CT molecular complexity index is 163. The zero-order chi connectivity index (χ0) is 12.1. The monoisotopic (exact) mass is 272 g/mol. The summed E-state index contributed by atoms with van der Waals surface area (Å²) in [5.74, 6) is 0. The van der Waals surface area contributed by atoms with Gasteiger partial charge in [-0.2, -0.15) is 0 Å². The van der Waals surface area contributed by atoms with Crippen molar-refractivity contribution in [3.05, 3.63) is 0 Å². The van der Waals surface area contributed by atoms with Gasteiger partial charge in [0.15, 0.2) is 0 Å². The van der Waals surface area contributed by atoms with Crippen molar-refractivity contribution in [1.29, 1.82) is 0 Å². The fourth-order valence-corrected chi connectivity index (χ4v) is 1.75. The Morgan fingerprint density at radius 2 is 1.29 bits per heavy atom. The summed E-state index contributed by atoms with van der Waals surface area (Å²) in [6.45, 7) is 2.59. The number of rotatable bonds is 11. The van der Waals surface area contributed by atoms with Crippen molar-refractivity contribution in [2.75, 3.05) is 6.61 Å². The first-order chi connectivity index (χ1) is 7.77. The molecular weight excluding hydrogens is 244 g/mol. The van der Waals surface area contributed by atoms with Crippen LogP contribution in [-0.2, 0) is 4.74 Å². The molecule has 0 atom stereocenters. The molecule has 0 saturated heterocycles. The molecule has 3 nitrogen and oxygen atoms in total. The van der Waals surface area contributed by atoms with E-state index in [-0.39, 0.29) is 37.7 Å². The van der Waals surface area contributed by atoms with Gasteiger partial charge >= 0.3 is 43.9 Å². The van der Waals surface area contributed by atoms with Crippen molar-refractivity contribution in [2.45, 2.75) is 71.1 Å². The number of ether oxygens (including phenoxy) is 1. The molecule has 0 radical (unpaired) electrons. The van der Waals surface area contributed by atoms with Crippen molar-refractivity contribution in [1.82, 2.24) is 0 Å². The Morgan fingerprint density at radius 3 is 1.71 bits per heavy atom. The van der Waals surface area contributed by atoms with E-state index in [1.165, 1.54) is 51.4 Å². The van der Waals surface area contributed by atoms with Crippen LogP contribution in [0, 0.1) is 0 Å². The van der Waals surface area contributed by atoms with Crippen LogP contribution in [0.5, 0.6) is 0 Å². The third kappa shape index (κ3) is 19.1. The maximum absolute atomic E-state index is 10.0. The topological polar surface area (TPSA) is 46.5 Å². The van der Waals surface area contributed by atoms with Crippen LogP contribution in [0.1, 0.15) is 71.1 Å². The summed E-state index contributed by atoms with van der Waals surface area (Å²) in [6, 6.07) is 0. The van der Waals surface area contributed by atoms with E-state index in [0.717, 1.165) is 12.8 Å². The molecule has 0 aromatic rings. The van der Waals surface area contributed by atoms with Crippen molar-refractivity contribution in [3.63, 3.8) is 0 Å². The van der Waals surface area contributed by atoms with Gasteiger partial charge in [0, 0.05) is 0 Å². The van der Waals surface area contributed by atoms with Crippen LogP contribution < -0.4 is 0 Å². The minimum atomic E-state index is -1.16. The molecule has 0 aliphatic heterocycles. The Kier molecular flexibility index (Phi) is 19.3. The van der Waals surface area contributed by atoms with E-state index in [1.54, 1.807) is 0 Å². The van der Waals surface area contributed by atoms with Gasteiger partial charge in [-0.05, 0) is 6.42 Å². The second-order valence-electron chi connectivity index (χ2n) is 4.30. The van der Waals surface area contributed by atoms with Crippen LogP contribution in [0.2, 0.25) is 0 Å². The standard InChI is InChI=1S/C13H26O3.Ca.2H/c1-2-3-4-5-6-7-8-9-10-11-12-16-13(14)15;;;/h2-12H2,1H3,(H,14,15);;;. The SMILES string of the molecule is CCCCCCCCCCCCOC(=O)O.[CaH2]. The third-order valence-corrected chi connectivity index (χ3v) is 2.72. The zero-order valence-electron chi connectivity index (χ0n) is 10.5. The predicted octanol–water partition coefficient (Wildman–Crippen LogP) is 3.69. The van der Waals surface area contributed by atoms with Crippen LogP contribution in [0.25, 0.3) is 0 Å². The molecule has 0 heterocycles. The van der Waals surface area contributed by atoms with Crippen molar-refractivity contribution < 1.29 is 14.6 Å². The molecule has 0 spiro atoms. The molecule has 0 saturated carbocycles. The predicted molar refractivity (Wildman–Crippen MR) is 74.4 cm³/mol. The second kappa shape index (κ2) is 16.5. The van der Waals surface area contributed by atoms with Crippen LogP contribution in [-0.4, -0.2) is 55.6 Å². The molecule has 100 valence electrons. The second-order valence-corrected chi connectivity index (χ2v) is 4.30. The summed E-state index contributed by atoms with van der Waals surface area (Å²) in [7, 11) is 0. The molecule has 1 N–H and O–H groups in total. The average molecular weight is 272 g/mol. The summed E-state index contributed by atoms with van der Waals surface area (Å²) in [5, 5.41) is 8.23. The van der Waals surface area contributed by atoms with E-state index >= 15 is 0 Å². The molecule has 0 aromatic heterocycles. The van der Waals surface area contributed by atoms with E-state index < -0.39 is 6.16 Å². The summed E-state index contributed by atoms with van der Waals surface area (Å²) in [6.07, 6.45) is 11.4. The van der Waals surface area contributed by atoms with Crippen molar-refractivity contribution in [2.24, 2.45) is 0 Å². The molecule has 0 unspecified atom stereocenters. The number of carboxylic acid groups (broad SMARTS) is 1. The van der Waals surface area contributed by atoms with Crippen LogP contribution >= 0.6 is 0 Å². The Labute approximate surface area is 135 Å². The summed E-state index contributed by atoms with van der Waals surface area (Å²) in [5.41, 5.74) is 0. The third-order valence-electron chi connectivity index (χ3n) is 2.72. The van der Waals surface area contributed by atoms with Crippen molar-refractivity contribution >= 4 is 43.9 Å². The van der Waals surface area contributed by atoms with E-state index in [9.17, 15) is 4.79 Å². The van der Waals surface area contributed by atoms with Gasteiger partial charge < -0.3 is 9.84 Å². The molecule has 4 heteroatoms. The Morgan fingerprint density at radius 1 is 0.882 bits per heavy atom. The molecular formula is C13H28CaO3. The summed E-state index contributed by atoms with van der Waals surface area (Å²) >= 11 is 0. The van der Waals surface area contributed by atoms with Gasteiger partial charge in [-0.1, -0.05) is 64.7 Å². The van der Waals surface area contributed by atoms with Gasteiger partial charge in [-0.3, -0.25) is 0 Å². The Balaban J connectivity index is 0. The van der Waals surface area contributed by atoms with Gasteiger partial charge in [-0.15, -0.1) is 0 Å². The fourth-order valence-electron chi connectivity index (χ4n) is 1.75. The van der Waals surface area contributed by atoms with E-state index in [1.807, 2.05) is 0 Å². The van der Waals surface area contributed by atoms with Gasteiger partial charge in [0.25, 0.3) is 0 Å². The fraction of sp³-hybridized carbons (Fsp3) is 0.923. The van der Waals surface area contributed by atoms with Crippen LogP contribution in [0.3, 0.4) is 0 Å². The zero-order valence-corrected chi connectivity index (χ0v) is 10.5. The summed E-state index contributed by atoms with van der Waals surface area (Å²) < 4.78 is 4.43. The Hall–Kier alpha value is 0.530. The molecule has 0 bridgehead atoms. The maximum atomic E-state index is 10.0. The number of unbranched alkanes of at least 4 members (excludes halogenated alkanes) is 9. The molecule has 0 aliphatic carbocycles. The van der Waals surface area contributed by atoms with Gasteiger partial charge in [0.2, 0.25) is 0 Å². The van der Waals surface area contributed by atoms with Gasteiger partial charge in [0.05, 0.1) is 6.61 Å². The first kappa shape index (κ1) is 19.9. The molecule has 0 aliphatic rings. The van der Waals surface area contributed by atoms with Crippen molar-refractivity contribution in [3.8, 4) is 0 Å².